The lowest BCUT2D eigenvalue weighted by Crippen LogP contribution is -2.30. The van der Waals surface area contributed by atoms with Crippen molar-refractivity contribution < 1.29 is 9.84 Å². The van der Waals surface area contributed by atoms with Crippen molar-refractivity contribution in [3.8, 4) is 23.8 Å². The molecular weight excluding hydrogens is 226 g/mol. The van der Waals surface area contributed by atoms with Crippen LogP contribution in [0, 0.1) is 12.3 Å². The van der Waals surface area contributed by atoms with Gasteiger partial charge in [0.25, 0.3) is 0 Å². The summed E-state index contributed by atoms with van der Waals surface area (Å²) < 4.78 is 5.17. The Bertz CT molecular complexity index is 423. The predicted molar refractivity (Wildman–Crippen MR) is 73.7 cm³/mol. The highest BCUT2D eigenvalue weighted by Crippen LogP contribution is 2.28. The SMILES string of the molecule is C#CCC(CC)NC(C)c1cc(OC)ccc1O. The minimum absolute atomic E-state index is 0.0263. The van der Waals surface area contributed by atoms with Crippen LogP contribution in [-0.2, 0) is 0 Å². The number of phenolic OH excluding ortho intramolecular Hbond substituents is 1. The first kappa shape index (κ1) is 14.4. The molecule has 0 amide bonds. The van der Waals surface area contributed by atoms with E-state index in [4.69, 9.17) is 11.2 Å². The molecule has 3 nitrogen and oxygen atoms in total. The van der Waals surface area contributed by atoms with E-state index in [0.29, 0.717) is 6.42 Å². The third kappa shape index (κ3) is 3.68. The predicted octanol–water partition coefficient (Wildman–Crippen LogP) is 2.85. The van der Waals surface area contributed by atoms with E-state index in [1.54, 1.807) is 19.2 Å². The summed E-state index contributed by atoms with van der Waals surface area (Å²) in [7, 11) is 1.61. The molecule has 0 heterocycles. The van der Waals surface area contributed by atoms with Gasteiger partial charge in [-0.15, -0.1) is 12.3 Å². The van der Waals surface area contributed by atoms with Gasteiger partial charge in [-0.1, -0.05) is 6.92 Å². The second-order valence-electron chi connectivity index (χ2n) is 4.33. The summed E-state index contributed by atoms with van der Waals surface area (Å²) in [6, 6.07) is 5.52. The fourth-order valence-electron chi connectivity index (χ4n) is 1.91. The van der Waals surface area contributed by atoms with E-state index in [9.17, 15) is 5.11 Å². The molecule has 0 aliphatic rings. The second kappa shape index (κ2) is 6.93. The molecule has 98 valence electrons. The van der Waals surface area contributed by atoms with Crippen molar-refractivity contribution in [2.45, 2.75) is 38.8 Å². The van der Waals surface area contributed by atoms with Gasteiger partial charge in [0.1, 0.15) is 11.5 Å². The average molecular weight is 247 g/mol. The zero-order chi connectivity index (χ0) is 13.5. The van der Waals surface area contributed by atoms with Gasteiger partial charge in [-0.2, -0.15) is 0 Å². The monoisotopic (exact) mass is 247 g/mol. The van der Waals surface area contributed by atoms with E-state index in [1.165, 1.54) is 0 Å². The Hall–Kier alpha value is -1.66. The summed E-state index contributed by atoms with van der Waals surface area (Å²) in [6.45, 7) is 4.10. The average Bonchev–Trinajstić information content (AvgIpc) is 2.38. The van der Waals surface area contributed by atoms with Crippen LogP contribution in [0.1, 0.15) is 38.3 Å². The molecule has 2 atom stereocenters. The van der Waals surface area contributed by atoms with Crippen LogP contribution >= 0.6 is 0 Å². The van der Waals surface area contributed by atoms with Gasteiger partial charge in [-0.05, 0) is 31.5 Å². The van der Waals surface area contributed by atoms with Crippen LogP contribution in [-0.4, -0.2) is 18.3 Å². The summed E-state index contributed by atoms with van der Waals surface area (Å²) >= 11 is 0. The van der Waals surface area contributed by atoms with E-state index < -0.39 is 0 Å². The van der Waals surface area contributed by atoms with E-state index in [1.807, 2.05) is 13.0 Å². The standard InChI is InChI=1S/C15H21NO2/c1-5-7-12(6-2)16-11(3)14-10-13(18-4)8-9-15(14)17/h1,8-12,16-17H,6-7H2,2-4H3. The van der Waals surface area contributed by atoms with Crippen molar-refractivity contribution in [3.05, 3.63) is 23.8 Å². The van der Waals surface area contributed by atoms with Crippen molar-refractivity contribution in [2.75, 3.05) is 7.11 Å². The molecule has 0 bridgehead atoms. The molecule has 0 radical (unpaired) electrons. The van der Waals surface area contributed by atoms with Crippen molar-refractivity contribution >= 4 is 0 Å². The largest absolute Gasteiger partial charge is 0.508 e. The van der Waals surface area contributed by atoms with Gasteiger partial charge in [0.2, 0.25) is 0 Å². The number of ether oxygens (including phenoxy) is 1. The van der Waals surface area contributed by atoms with E-state index >= 15 is 0 Å². The van der Waals surface area contributed by atoms with Gasteiger partial charge < -0.3 is 15.2 Å². The molecule has 1 aromatic carbocycles. The first-order valence-corrected chi connectivity index (χ1v) is 6.18. The number of benzene rings is 1. The van der Waals surface area contributed by atoms with E-state index in [2.05, 4.69) is 18.2 Å². The minimum atomic E-state index is 0.0263. The lowest BCUT2D eigenvalue weighted by molar-refractivity contribution is 0.400. The molecule has 3 heteroatoms. The Labute approximate surface area is 109 Å². The third-order valence-corrected chi connectivity index (χ3v) is 3.04. The van der Waals surface area contributed by atoms with Crippen LogP contribution in [0.5, 0.6) is 11.5 Å². The van der Waals surface area contributed by atoms with Crippen LogP contribution in [0.4, 0.5) is 0 Å². The molecule has 1 aromatic rings. The van der Waals surface area contributed by atoms with Crippen LogP contribution in [0.2, 0.25) is 0 Å². The summed E-state index contributed by atoms with van der Waals surface area (Å²) in [5.74, 6) is 3.67. The maximum atomic E-state index is 9.88. The smallest absolute Gasteiger partial charge is 0.120 e. The van der Waals surface area contributed by atoms with Crippen molar-refractivity contribution in [1.29, 1.82) is 0 Å². The first-order valence-electron chi connectivity index (χ1n) is 6.18. The van der Waals surface area contributed by atoms with Gasteiger partial charge in [0.05, 0.1) is 7.11 Å². The summed E-state index contributed by atoms with van der Waals surface area (Å²) in [5, 5.41) is 13.3. The highest BCUT2D eigenvalue weighted by molar-refractivity contribution is 5.41. The van der Waals surface area contributed by atoms with Crippen LogP contribution in [0.25, 0.3) is 0 Å². The third-order valence-electron chi connectivity index (χ3n) is 3.04. The molecule has 2 unspecified atom stereocenters. The van der Waals surface area contributed by atoms with Crippen molar-refractivity contribution in [3.63, 3.8) is 0 Å². The van der Waals surface area contributed by atoms with Crippen molar-refractivity contribution in [2.24, 2.45) is 0 Å². The molecule has 0 aromatic heterocycles. The first-order chi connectivity index (χ1) is 8.62. The Morgan fingerprint density at radius 2 is 2.22 bits per heavy atom. The fraction of sp³-hybridized carbons (Fsp3) is 0.467. The van der Waals surface area contributed by atoms with Gasteiger partial charge in [-0.25, -0.2) is 0 Å². The fourth-order valence-corrected chi connectivity index (χ4v) is 1.91. The van der Waals surface area contributed by atoms with E-state index in [-0.39, 0.29) is 17.8 Å². The van der Waals surface area contributed by atoms with Crippen LogP contribution in [0.15, 0.2) is 18.2 Å². The molecule has 0 fully saturated rings. The van der Waals surface area contributed by atoms with Crippen LogP contribution < -0.4 is 10.1 Å². The minimum Gasteiger partial charge on any atom is -0.508 e. The molecule has 1 rings (SSSR count). The molecule has 0 saturated heterocycles. The Morgan fingerprint density at radius 1 is 1.50 bits per heavy atom. The Balaban J connectivity index is 2.82. The second-order valence-corrected chi connectivity index (χ2v) is 4.33. The molecular formula is C15H21NO2. The highest BCUT2D eigenvalue weighted by atomic mass is 16.5. The molecule has 0 aliphatic heterocycles. The number of hydrogen-bond acceptors (Lipinski definition) is 3. The topological polar surface area (TPSA) is 41.5 Å². The quantitative estimate of drug-likeness (QED) is 0.759. The number of hydrogen-bond donors (Lipinski definition) is 2. The Morgan fingerprint density at radius 3 is 2.78 bits per heavy atom. The summed E-state index contributed by atoms with van der Waals surface area (Å²) in [4.78, 5) is 0. The number of rotatable bonds is 6. The number of methoxy groups -OCH3 is 1. The van der Waals surface area contributed by atoms with Crippen molar-refractivity contribution in [1.82, 2.24) is 5.32 Å². The lowest BCUT2D eigenvalue weighted by atomic mass is 10.0. The maximum Gasteiger partial charge on any atom is 0.120 e. The number of aromatic hydroxyl groups is 1. The summed E-state index contributed by atoms with van der Waals surface area (Å²) in [5.41, 5.74) is 0.824. The van der Waals surface area contributed by atoms with Gasteiger partial charge in [0.15, 0.2) is 0 Å². The maximum absolute atomic E-state index is 9.88. The molecule has 0 aliphatic carbocycles. The molecule has 0 spiro atoms. The normalized spacial score (nSPS) is 13.7. The highest BCUT2D eigenvalue weighted by Gasteiger charge is 2.15. The molecule has 0 saturated carbocycles. The zero-order valence-electron chi connectivity index (χ0n) is 11.2. The Kier molecular flexibility index (Phi) is 5.54. The number of nitrogens with one attached hydrogen (secondary N) is 1. The lowest BCUT2D eigenvalue weighted by Gasteiger charge is -2.22. The number of terminal acetylenes is 1. The molecule has 18 heavy (non-hydrogen) atoms. The summed E-state index contributed by atoms with van der Waals surface area (Å²) in [6.07, 6.45) is 6.98. The molecule has 2 N–H and O–H groups in total. The number of phenols is 1. The van der Waals surface area contributed by atoms with Crippen LogP contribution in [0.3, 0.4) is 0 Å². The van der Waals surface area contributed by atoms with Gasteiger partial charge in [-0.3, -0.25) is 0 Å². The van der Waals surface area contributed by atoms with Gasteiger partial charge in [0, 0.05) is 24.1 Å². The van der Waals surface area contributed by atoms with Gasteiger partial charge >= 0.3 is 0 Å². The van der Waals surface area contributed by atoms with E-state index in [0.717, 1.165) is 17.7 Å². The zero-order valence-corrected chi connectivity index (χ0v) is 11.2.